The average molecular weight is 214 g/mol. The zero-order chi connectivity index (χ0) is 11.8. The first-order valence-corrected chi connectivity index (χ1v) is 6.63. The molecule has 1 heteroatoms. The van der Waals surface area contributed by atoms with Crippen LogP contribution in [0.2, 0.25) is 0 Å². The lowest BCUT2D eigenvalue weighted by Gasteiger charge is -2.22. The molecule has 0 heterocycles. The van der Waals surface area contributed by atoms with Gasteiger partial charge in [0, 0.05) is 6.61 Å². The maximum Gasteiger partial charge on any atom is 0.0461 e. The highest BCUT2D eigenvalue weighted by Crippen LogP contribution is 2.24. The van der Waals surface area contributed by atoms with Gasteiger partial charge in [0.15, 0.2) is 0 Å². The molecule has 0 spiro atoms. The minimum absolute atomic E-state index is 0.357. The molecule has 0 radical (unpaired) electrons. The van der Waals surface area contributed by atoms with Gasteiger partial charge in [-0.3, -0.25) is 0 Å². The van der Waals surface area contributed by atoms with Gasteiger partial charge in [-0.25, -0.2) is 0 Å². The molecule has 1 N–H and O–H groups in total. The van der Waals surface area contributed by atoms with E-state index in [2.05, 4.69) is 34.6 Å². The van der Waals surface area contributed by atoms with Crippen molar-refractivity contribution in [1.29, 1.82) is 0 Å². The van der Waals surface area contributed by atoms with Crippen molar-refractivity contribution in [2.75, 3.05) is 6.61 Å². The lowest BCUT2D eigenvalue weighted by molar-refractivity contribution is 0.174. The maximum atomic E-state index is 9.23. The van der Waals surface area contributed by atoms with E-state index in [1.807, 2.05) is 0 Å². The summed E-state index contributed by atoms with van der Waals surface area (Å²) in [5, 5.41) is 9.23. The zero-order valence-corrected chi connectivity index (χ0v) is 11.3. The second kappa shape index (κ2) is 8.15. The first-order valence-electron chi connectivity index (χ1n) is 6.63. The second-order valence-electron chi connectivity index (χ2n) is 5.53. The molecule has 0 bridgehead atoms. The molecule has 1 nitrogen and oxygen atoms in total. The second-order valence-corrected chi connectivity index (χ2v) is 5.53. The Kier molecular flexibility index (Phi) is 8.13. The predicted octanol–water partition coefficient (Wildman–Crippen LogP) is 4.10. The lowest BCUT2D eigenvalue weighted by atomic mass is 9.85. The van der Waals surface area contributed by atoms with Crippen LogP contribution in [-0.2, 0) is 0 Å². The van der Waals surface area contributed by atoms with Gasteiger partial charge in [0.25, 0.3) is 0 Å². The summed E-state index contributed by atoms with van der Waals surface area (Å²) in [5.74, 6) is 2.81. The van der Waals surface area contributed by atoms with Crippen LogP contribution in [0.1, 0.15) is 60.3 Å². The molecule has 92 valence electrons. The van der Waals surface area contributed by atoms with Crippen LogP contribution in [0.3, 0.4) is 0 Å². The molecule has 0 aromatic carbocycles. The summed E-state index contributed by atoms with van der Waals surface area (Å²) in [7, 11) is 0. The minimum Gasteiger partial charge on any atom is -0.396 e. The summed E-state index contributed by atoms with van der Waals surface area (Å²) in [5.41, 5.74) is 0. The molecule has 0 saturated heterocycles. The summed E-state index contributed by atoms with van der Waals surface area (Å²) in [6, 6.07) is 0. The van der Waals surface area contributed by atoms with E-state index in [9.17, 15) is 5.11 Å². The predicted molar refractivity (Wildman–Crippen MR) is 67.9 cm³/mol. The van der Waals surface area contributed by atoms with Crippen LogP contribution in [0, 0.1) is 23.7 Å². The lowest BCUT2D eigenvalue weighted by Crippen LogP contribution is -2.14. The minimum atomic E-state index is 0.357. The smallest absolute Gasteiger partial charge is 0.0461 e. The molecule has 0 aliphatic carbocycles. The van der Waals surface area contributed by atoms with Crippen LogP contribution < -0.4 is 0 Å². The summed E-state index contributed by atoms with van der Waals surface area (Å²) < 4.78 is 0. The number of hydrogen-bond donors (Lipinski definition) is 1. The van der Waals surface area contributed by atoms with Crippen molar-refractivity contribution >= 4 is 0 Å². The Morgan fingerprint density at radius 1 is 0.867 bits per heavy atom. The molecule has 0 amide bonds. The highest BCUT2D eigenvalue weighted by atomic mass is 16.3. The summed E-state index contributed by atoms with van der Waals surface area (Å²) in [4.78, 5) is 0. The standard InChI is InChI=1S/C14H30O/c1-6-13(11(2)3)8-7-9-14(10-15)12(4)5/h11-15H,6-10H2,1-5H3. The summed E-state index contributed by atoms with van der Waals surface area (Å²) >= 11 is 0. The molecule has 0 saturated carbocycles. The maximum absolute atomic E-state index is 9.23. The van der Waals surface area contributed by atoms with E-state index in [1.54, 1.807) is 0 Å². The van der Waals surface area contributed by atoms with E-state index in [1.165, 1.54) is 25.7 Å². The van der Waals surface area contributed by atoms with Gasteiger partial charge in [-0.1, -0.05) is 53.9 Å². The summed E-state index contributed by atoms with van der Waals surface area (Å²) in [6.45, 7) is 11.7. The quantitative estimate of drug-likeness (QED) is 0.645. The van der Waals surface area contributed by atoms with Gasteiger partial charge in [0.2, 0.25) is 0 Å². The van der Waals surface area contributed by atoms with E-state index in [0.29, 0.717) is 18.4 Å². The van der Waals surface area contributed by atoms with Crippen molar-refractivity contribution in [3.05, 3.63) is 0 Å². The highest BCUT2D eigenvalue weighted by Gasteiger charge is 2.14. The van der Waals surface area contributed by atoms with Crippen molar-refractivity contribution in [2.24, 2.45) is 23.7 Å². The van der Waals surface area contributed by atoms with Crippen molar-refractivity contribution in [3.63, 3.8) is 0 Å². The van der Waals surface area contributed by atoms with Crippen molar-refractivity contribution in [1.82, 2.24) is 0 Å². The fraction of sp³-hybridized carbons (Fsp3) is 1.00. The third-order valence-electron chi connectivity index (χ3n) is 3.79. The molecule has 0 aliphatic rings. The molecule has 0 rings (SSSR count). The fourth-order valence-corrected chi connectivity index (χ4v) is 2.29. The van der Waals surface area contributed by atoms with Gasteiger partial charge in [0.1, 0.15) is 0 Å². The van der Waals surface area contributed by atoms with Crippen LogP contribution in [0.4, 0.5) is 0 Å². The van der Waals surface area contributed by atoms with Crippen molar-refractivity contribution in [3.8, 4) is 0 Å². The van der Waals surface area contributed by atoms with Gasteiger partial charge in [-0.05, 0) is 30.1 Å². The summed E-state index contributed by atoms with van der Waals surface area (Å²) in [6.07, 6.45) is 5.10. The molecule has 15 heavy (non-hydrogen) atoms. The van der Waals surface area contributed by atoms with Gasteiger partial charge in [0.05, 0.1) is 0 Å². The van der Waals surface area contributed by atoms with Gasteiger partial charge >= 0.3 is 0 Å². The molecule has 0 fully saturated rings. The third-order valence-corrected chi connectivity index (χ3v) is 3.79. The van der Waals surface area contributed by atoms with E-state index in [-0.39, 0.29) is 0 Å². The highest BCUT2D eigenvalue weighted by molar-refractivity contribution is 4.66. The molecule has 0 aromatic rings. The Hall–Kier alpha value is -0.0400. The SMILES string of the molecule is CCC(CCCC(CO)C(C)C)C(C)C. The largest absolute Gasteiger partial charge is 0.396 e. The number of rotatable bonds is 8. The van der Waals surface area contributed by atoms with Crippen LogP contribution in [0.5, 0.6) is 0 Å². The third kappa shape index (κ3) is 6.19. The number of aliphatic hydroxyl groups excluding tert-OH is 1. The number of hydrogen-bond acceptors (Lipinski definition) is 1. The Morgan fingerprint density at radius 3 is 1.67 bits per heavy atom. The Bertz CT molecular complexity index is 124. The normalized spacial score (nSPS) is 16.0. The van der Waals surface area contributed by atoms with E-state index >= 15 is 0 Å². The molecule has 0 aliphatic heterocycles. The monoisotopic (exact) mass is 214 g/mol. The fourth-order valence-electron chi connectivity index (χ4n) is 2.29. The van der Waals surface area contributed by atoms with E-state index in [0.717, 1.165) is 11.8 Å². The molecule has 0 aromatic heterocycles. The molecule has 2 atom stereocenters. The Morgan fingerprint density at radius 2 is 1.33 bits per heavy atom. The van der Waals surface area contributed by atoms with Crippen LogP contribution in [0.25, 0.3) is 0 Å². The number of aliphatic hydroxyl groups is 1. The van der Waals surface area contributed by atoms with Crippen LogP contribution in [0.15, 0.2) is 0 Å². The van der Waals surface area contributed by atoms with Gasteiger partial charge in [-0.15, -0.1) is 0 Å². The molecular weight excluding hydrogens is 184 g/mol. The van der Waals surface area contributed by atoms with E-state index in [4.69, 9.17) is 0 Å². The van der Waals surface area contributed by atoms with E-state index < -0.39 is 0 Å². The molecular formula is C14H30O. The zero-order valence-electron chi connectivity index (χ0n) is 11.3. The van der Waals surface area contributed by atoms with Crippen LogP contribution >= 0.6 is 0 Å². The first kappa shape index (κ1) is 15.0. The Balaban J connectivity index is 3.75. The first-order chi connectivity index (χ1) is 7.02. The topological polar surface area (TPSA) is 20.2 Å². The van der Waals surface area contributed by atoms with Gasteiger partial charge < -0.3 is 5.11 Å². The van der Waals surface area contributed by atoms with Crippen molar-refractivity contribution < 1.29 is 5.11 Å². The average Bonchev–Trinajstić information content (AvgIpc) is 2.17. The molecule has 2 unspecified atom stereocenters. The van der Waals surface area contributed by atoms with Crippen LogP contribution in [-0.4, -0.2) is 11.7 Å². The Labute approximate surface area is 96.3 Å². The van der Waals surface area contributed by atoms with Gasteiger partial charge in [-0.2, -0.15) is 0 Å². The van der Waals surface area contributed by atoms with Crippen molar-refractivity contribution in [2.45, 2.75) is 60.3 Å².